The summed E-state index contributed by atoms with van der Waals surface area (Å²) in [5, 5.41) is 9.89. The van der Waals surface area contributed by atoms with Crippen LogP contribution in [0.15, 0.2) is 54.6 Å². The lowest BCUT2D eigenvalue weighted by Gasteiger charge is -2.14. The molecule has 0 radical (unpaired) electrons. The number of aromatic nitrogens is 1. The number of pyridine rings is 1. The zero-order chi connectivity index (χ0) is 19.8. The molecule has 0 amide bonds. The van der Waals surface area contributed by atoms with Crippen LogP contribution in [0.1, 0.15) is 21.6 Å². The average Bonchev–Trinajstić information content (AvgIpc) is 2.61. The molecule has 1 aromatic heterocycles. The Kier molecular flexibility index (Phi) is 4.93. The highest BCUT2D eigenvalue weighted by molar-refractivity contribution is 6.30. The molecule has 0 unspecified atom stereocenters. The van der Waals surface area contributed by atoms with E-state index < -0.39 is 17.7 Å². The first-order valence-corrected chi connectivity index (χ1v) is 8.23. The number of aryl methyl sites for hydroxylation is 1. The summed E-state index contributed by atoms with van der Waals surface area (Å²) >= 11 is 5.91. The minimum absolute atomic E-state index is 0.0237. The molecule has 0 aliphatic rings. The Morgan fingerprint density at radius 3 is 2.07 bits per heavy atom. The Balaban J connectivity index is 2.20. The maximum Gasteiger partial charge on any atom is 0.416 e. The highest BCUT2D eigenvalue weighted by Gasteiger charge is 2.30. The molecule has 3 nitrogen and oxygen atoms in total. The number of nitrogens with zero attached hydrogens (tertiary/aromatic N) is 1. The molecule has 0 aliphatic carbocycles. The van der Waals surface area contributed by atoms with Crippen molar-refractivity contribution in [3.8, 4) is 22.4 Å². The summed E-state index contributed by atoms with van der Waals surface area (Å²) in [5.74, 6) is -1.13. The smallest absolute Gasteiger partial charge is 0.416 e. The summed E-state index contributed by atoms with van der Waals surface area (Å²) in [4.78, 5) is 15.8. The van der Waals surface area contributed by atoms with Gasteiger partial charge in [-0.2, -0.15) is 13.2 Å². The van der Waals surface area contributed by atoms with Gasteiger partial charge in [0.05, 0.1) is 22.5 Å². The second kappa shape index (κ2) is 7.04. The molecule has 0 atom stereocenters. The largest absolute Gasteiger partial charge is 0.478 e. The summed E-state index contributed by atoms with van der Waals surface area (Å²) in [6.45, 7) is 1.54. The number of alkyl halides is 3. The molecule has 3 aromatic rings. The van der Waals surface area contributed by atoms with E-state index in [1.54, 1.807) is 31.2 Å². The van der Waals surface area contributed by atoms with Gasteiger partial charge in [0.2, 0.25) is 0 Å². The van der Waals surface area contributed by atoms with Crippen LogP contribution in [-0.4, -0.2) is 16.1 Å². The first kappa shape index (κ1) is 18.9. The molecule has 0 saturated carbocycles. The van der Waals surface area contributed by atoms with Crippen LogP contribution in [-0.2, 0) is 6.18 Å². The van der Waals surface area contributed by atoms with Crippen LogP contribution in [0.3, 0.4) is 0 Å². The first-order valence-electron chi connectivity index (χ1n) is 7.85. The molecule has 0 bridgehead atoms. The Bertz CT molecular complexity index is 997. The highest BCUT2D eigenvalue weighted by Crippen LogP contribution is 2.35. The highest BCUT2D eigenvalue weighted by atomic mass is 35.5. The van der Waals surface area contributed by atoms with Crippen molar-refractivity contribution in [3.63, 3.8) is 0 Å². The number of halogens is 4. The van der Waals surface area contributed by atoms with E-state index in [4.69, 9.17) is 11.6 Å². The number of carboxylic acid groups (broad SMARTS) is 1. The number of carboxylic acids is 1. The van der Waals surface area contributed by atoms with Crippen molar-refractivity contribution in [2.75, 3.05) is 0 Å². The molecule has 27 heavy (non-hydrogen) atoms. The molecule has 0 spiro atoms. The van der Waals surface area contributed by atoms with Crippen LogP contribution < -0.4 is 0 Å². The van der Waals surface area contributed by atoms with Gasteiger partial charge < -0.3 is 5.11 Å². The maximum absolute atomic E-state index is 12.8. The van der Waals surface area contributed by atoms with Gasteiger partial charge in [-0.15, -0.1) is 0 Å². The van der Waals surface area contributed by atoms with Crippen molar-refractivity contribution in [1.82, 2.24) is 4.98 Å². The molecule has 3 rings (SSSR count). The predicted molar refractivity (Wildman–Crippen MR) is 96.8 cm³/mol. The van der Waals surface area contributed by atoms with Crippen LogP contribution in [0.25, 0.3) is 22.4 Å². The fourth-order valence-electron chi connectivity index (χ4n) is 2.71. The first-order chi connectivity index (χ1) is 12.7. The Morgan fingerprint density at radius 1 is 1.00 bits per heavy atom. The summed E-state index contributed by atoms with van der Waals surface area (Å²) in [5.41, 5.74) is 1.53. The number of carbonyl (C=O) groups is 1. The summed E-state index contributed by atoms with van der Waals surface area (Å²) in [6.07, 6.45) is -4.44. The van der Waals surface area contributed by atoms with E-state index in [1.807, 2.05) is 0 Å². The second-order valence-electron chi connectivity index (χ2n) is 5.90. The number of hydrogen-bond acceptors (Lipinski definition) is 2. The molecular weight excluding hydrogens is 379 g/mol. The molecule has 0 aliphatic heterocycles. The third-order valence-corrected chi connectivity index (χ3v) is 4.34. The van der Waals surface area contributed by atoms with Gasteiger partial charge >= 0.3 is 12.1 Å². The van der Waals surface area contributed by atoms with Crippen LogP contribution in [0.5, 0.6) is 0 Å². The average molecular weight is 392 g/mol. The van der Waals surface area contributed by atoms with Crippen LogP contribution in [0.4, 0.5) is 13.2 Å². The number of hydrogen-bond donors (Lipinski definition) is 1. The molecular formula is C20H13ClF3NO2. The Labute approximate surface area is 158 Å². The fraction of sp³-hybridized carbons (Fsp3) is 0.100. The molecule has 2 aromatic carbocycles. The van der Waals surface area contributed by atoms with Crippen LogP contribution >= 0.6 is 11.6 Å². The van der Waals surface area contributed by atoms with Crippen molar-refractivity contribution in [3.05, 3.63) is 76.4 Å². The van der Waals surface area contributed by atoms with Crippen molar-refractivity contribution < 1.29 is 23.1 Å². The lowest BCUT2D eigenvalue weighted by Crippen LogP contribution is -2.06. The van der Waals surface area contributed by atoms with E-state index in [-0.39, 0.29) is 11.3 Å². The van der Waals surface area contributed by atoms with E-state index in [9.17, 15) is 23.1 Å². The zero-order valence-corrected chi connectivity index (χ0v) is 14.8. The van der Waals surface area contributed by atoms with Gasteiger partial charge in [-0.1, -0.05) is 35.9 Å². The quantitative estimate of drug-likeness (QED) is 0.587. The van der Waals surface area contributed by atoms with Crippen molar-refractivity contribution in [2.45, 2.75) is 13.1 Å². The standard InChI is InChI=1S/C20H13ClF3NO2/c1-11-16(19(26)27)10-17(12-4-8-15(21)9-5-12)18(25-11)13-2-6-14(7-3-13)20(22,23)24/h2-10H,1H3,(H,26,27). The van der Waals surface area contributed by atoms with Gasteiger partial charge in [0.1, 0.15) is 0 Å². The second-order valence-corrected chi connectivity index (χ2v) is 6.34. The lowest BCUT2D eigenvalue weighted by molar-refractivity contribution is -0.137. The minimum atomic E-state index is -4.44. The van der Waals surface area contributed by atoms with Crippen LogP contribution in [0.2, 0.25) is 5.02 Å². The minimum Gasteiger partial charge on any atom is -0.478 e. The van der Waals surface area contributed by atoms with Gasteiger partial charge in [0, 0.05) is 16.1 Å². The molecule has 7 heteroatoms. The van der Waals surface area contributed by atoms with E-state index in [0.717, 1.165) is 12.1 Å². The van der Waals surface area contributed by atoms with E-state index in [2.05, 4.69) is 4.98 Å². The van der Waals surface area contributed by atoms with Gasteiger partial charge in [-0.25, -0.2) is 4.79 Å². The Morgan fingerprint density at radius 2 is 1.56 bits per heavy atom. The third kappa shape index (κ3) is 3.95. The molecule has 0 saturated heterocycles. The number of aromatic carboxylic acids is 1. The van der Waals surface area contributed by atoms with E-state index in [1.165, 1.54) is 18.2 Å². The van der Waals surface area contributed by atoms with Crippen molar-refractivity contribution >= 4 is 17.6 Å². The van der Waals surface area contributed by atoms with Gasteiger partial charge in [-0.3, -0.25) is 4.98 Å². The van der Waals surface area contributed by atoms with Gasteiger partial charge in [0.25, 0.3) is 0 Å². The summed E-state index contributed by atoms with van der Waals surface area (Å²) in [7, 11) is 0. The van der Waals surface area contributed by atoms with Crippen molar-refractivity contribution in [1.29, 1.82) is 0 Å². The molecule has 138 valence electrons. The fourth-order valence-corrected chi connectivity index (χ4v) is 2.83. The van der Waals surface area contributed by atoms with Crippen LogP contribution in [0, 0.1) is 6.92 Å². The molecule has 0 fully saturated rings. The summed E-state index contributed by atoms with van der Waals surface area (Å²) in [6, 6.07) is 12.8. The van der Waals surface area contributed by atoms with Gasteiger partial charge in [-0.05, 0) is 42.8 Å². The Hall–Kier alpha value is -2.86. The number of rotatable bonds is 3. The van der Waals surface area contributed by atoms with E-state index in [0.29, 0.717) is 27.4 Å². The van der Waals surface area contributed by atoms with Gasteiger partial charge in [0.15, 0.2) is 0 Å². The van der Waals surface area contributed by atoms with E-state index >= 15 is 0 Å². The zero-order valence-electron chi connectivity index (χ0n) is 14.0. The molecule has 1 heterocycles. The monoisotopic (exact) mass is 391 g/mol. The topological polar surface area (TPSA) is 50.2 Å². The SMILES string of the molecule is Cc1nc(-c2ccc(C(F)(F)F)cc2)c(-c2ccc(Cl)cc2)cc1C(=O)O. The maximum atomic E-state index is 12.8. The summed E-state index contributed by atoms with van der Waals surface area (Å²) < 4.78 is 38.4. The predicted octanol–water partition coefficient (Wildman–Crippen LogP) is 6.09. The number of benzene rings is 2. The normalized spacial score (nSPS) is 11.4. The third-order valence-electron chi connectivity index (χ3n) is 4.08. The lowest BCUT2D eigenvalue weighted by atomic mass is 9.96. The van der Waals surface area contributed by atoms with Crippen molar-refractivity contribution in [2.24, 2.45) is 0 Å². The molecule has 1 N–H and O–H groups in total.